The third-order valence-electron chi connectivity index (χ3n) is 5.40. The minimum Gasteiger partial charge on any atom is -0.495 e. The van der Waals surface area contributed by atoms with Crippen molar-refractivity contribution in [2.45, 2.75) is 18.4 Å². The number of hydrogen-bond acceptors (Lipinski definition) is 5. The molecule has 0 spiro atoms. The van der Waals surface area contributed by atoms with E-state index in [2.05, 4.69) is 5.32 Å². The van der Waals surface area contributed by atoms with E-state index < -0.39 is 5.97 Å². The van der Waals surface area contributed by atoms with Crippen LogP contribution in [0.5, 0.6) is 5.75 Å². The van der Waals surface area contributed by atoms with Crippen molar-refractivity contribution in [1.82, 2.24) is 0 Å². The number of aromatic carboxylic acids is 1. The molecule has 27 heavy (non-hydrogen) atoms. The summed E-state index contributed by atoms with van der Waals surface area (Å²) in [5.41, 5.74) is 2.10. The van der Waals surface area contributed by atoms with E-state index in [1.807, 2.05) is 12.2 Å². The largest absolute Gasteiger partial charge is 0.495 e. The second-order valence-corrected chi connectivity index (χ2v) is 6.70. The molecule has 4 rings (SSSR count). The summed E-state index contributed by atoms with van der Waals surface area (Å²) in [5, 5.41) is 24.5. The number of benzene rings is 2. The van der Waals surface area contributed by atoms with E-state index >= 15 is 0 Å². The van der Waals surface area contributed by atoms with Gasteiger partial charge in [-0.1, -0.05) is 30.4 Å². The van der Waals surface area contributed by atoms with Crippen LogP contribution in [0.1, 0.15) is 39.9 Å². The lowest BCUT2D eigenvalue weighted by molar-refractivity contribution is -0.385. The summed E-state index contributed by atoms with van der Waals surface area (Å²) in [6, 6.07) is 9.63. The molecule has 7 nitrogen and oxygen atoms in total. The Labute approximate surface area is 155 Å². The van der Waals surface area contributed by atoms with E-state index in [1.165, 1.54) is 13.2 Å². The fourth-order valence-corrected chi connectivity index (χ4v) is 4.26. The second kappa shape index (κ2) is 6.42. The molecule has 138 valence electrons. The van der Waals surface area contributed by atoms with Crippen molar-refractivity contribution in [3.63, 3.8) is 0 Å². The van der Waals surface area contributed by atoms with Crippen LogP contribution in [0.3, 0.4) is 0 Å². The van der Waals surface area contributed by atoms with Gasteiger partial charge in [-0.05, 0) is 30.0 Å². The first kappa shape index (κ1) is 17.1. The third-order valence-corrected chi connectivity index (χ3v) is 5.40. The predicted octanol–water partition coefficient (Wildman–Crippen LogP) is 4.13. The van der Waals surface area contributed by atoms with E-state index in [4.69, 9.17) is 4.74 Å². The van der Waals surface area contributed by atoms with Crippen LogP contribution in [0.15, 0.2) is 48.6 Å². The Morgan fingerprint density at radius 2 is 2.07 bits per heavy atom. The maximum atomic E-state index is 11.7. The molecule has 0 aromatic heterocycles. The van der Waals surface area contributed by atoms with Crippen LogP contribution in [0, 0.1) is 16.0 Å². The van der Waals surface area contributed by atoms with E-state index in [9.17, 15) is 20.0 Å². The number of anilines is 1. The number of allylic oxidation sites excluding steroid dienone is 2. The molecule has 2 aliphatic rings. The quantitative estimate of drug-likeness (QED) is 0.479. The molecular weight excluding hydrogens is 348 g/mol. The van der Waals surface area contributed by atoms with Gasteiger partial charge in [0.1, 0.15) is 5.75 Å². The summed E-state index contributed by atoms with van der Waals surface area (Å²) in [6.07, 6.45) is 4.70. The van der Waals surface area contributed by atoms with Crippen molar-refractivity contribution in [3.05, 3.63) is 75.4 Å². The normalized spacial score (nSPS) is 22.5. The van der Waals surface area contributed by atoms with E-state index in [0.717, 1.165) is 0 Å². The Kier molecular flexibility index (Phi) is 4.07. The number of rotatable bonds is 4. The molecule has 0 radical (unpaired) electrons. The van der Waals surface area contributed by atoms with Gasteiger partial charge in [-0.2, -0.15) is 0 Å². The van der Waals surface area contributed by atoms with E-state index in [-0.39, 0.29) is 34.1 Å². The first-order chi connectivity index (χ1) is 13.0. The van der Waals surface area contributed by atoms with Crippen LogP contribution in [0.4, 0.5) is 11.4 Å². The summed E-state index contributed by atoms with van der Waals surface area (Å²) in [4.78, 5) is 22.9. The second-order valence-electron chi connectivity index (χ2n) is 6.70. The number of ether oxygens (including phenoxy) is 1. The number of methoxy groups -OCH3 is 1. The van der Waals surface area contributed by atoms with Crippen molar-refractivity contribution >= 4 is 17.3 Å². The SMILES string of the molecule is COc1ccc([N+](=O)[O-])c2c1N[C@H](c1ccccc1C(=O)O)[C@H]1CC=C[C@H]21. The molecule has 1 aliphatic heterocycles. The maximum Gasteiger partial charge on any atom is 0.336 e. The summed E-state index contributed by atoms with van der Waals surface area (Å²) in [6.45, 7) is 0. The highest BCUT2D eigenvalue weighted by molar-refractivity contribution is 5.90. The molecule has 2 N–H and O–H groups in total. The number of carboxylic acid groups (broad SMARTS) is 1. The van der Waals surface area contributed by atoms with Crippen molar-refractivity contribution in [1.29, 1.82) is 0 Å². The maximum absolute atomic E-state index is 11.7. The molecular formula is C20H18N2O5. The number of hydrogen-bond donors (Lipinski definition) is 2. The molecule has 2 aromatic rings. The van der Waals surface area contributed by atoms with Gasteiger partial charge in [-0.25, -0.2) is 4.79 Å². The lowest BCUT2D eigenvalue weighted by Crippen LogP contribution is -2.31. The highest BCUT2D eigenvalue weighted by Crippen LogP contribution is 2.55. The Morgan fingerprint density at radius 3 is 2.78 bits per heavy atom. The number of carbonyl (C=O) groups is 1. The zero-order valence-corrected chi connectivity index (χ0v) is 14.6. The van der Waals surface area contributed by atoms with Crippen LogP contribution in [0.2, 0.25) is 0 Å². The van der Waals surface area contributed by atoms with Gasteiger partial charge in [-0.15, -0.1) is 0 Å². The Bertz CT molecular complexity index is 969. The molecule has 1 heterocycles. The molecule has 0 fully saturated rings. The lowest BCUT2D eigenvalue weighted by atomic mass is 9.75. The minimum absolute atomic E-state index is 0.0104. The number of carboxylic acids is 1. The van der Waals surface area contributed by atoms with Gasteiger partial charge in [0.25, 0.3) is 5.69 Å². The fourth-order valence-electron chi connectivity index (χ4n) is 4.26. The zero-order chi connectivity index (χ0) is 19.1. The van der Waals surface area contributed by atoms with Crippen LogP contribution in [-0.4, -0.2) is 23.1 Å². The van der Waals surface area contributed by atoms with Gasteiger partial charge in [0.15, 0.2) is 0 Å². The summed E-state index contributed by atoms with van der Waals surface area (Å²) in [7, 11) is 1.51. The Balaban J connectivity index is 1.92. The van der Waals surface area contributed by atoms with Crippen molar-refractivity contribution < 1.29 is 19.6 Å². The van der Waals surface area contributed by atoms with Gasteiger partial charge in [0, 0.05) is 12.0 Å². The average Bonchev–Trinajstić information content (AvgIpc) is 3.16. The number of nitrogens with zero attached hydrogens (tertiary/aromatic N) is 1. The first-order valence-electron chi connectivity index (χ1n) is 8.63. The number of nitrogens with one attached hydrogen (secondary N) is 1. The first-order valence-corrected chi connectivity index (χ1v) is 8.63. The van der Waals surface area contributed by atoms with Gasteiger partial charge in [-0.3, -0.25) is 10.1 Å². The standard InChI is InChI=1S/C20H18N2O5/c1-27-16-10-9-15(22(25)26)17-11-7-4-8-12(11)18(21-19(16)17)13-5-2-3-6-14(13)20(23)24/h2-7,9-12,18,21H,8H2,1H3,(H,23,24)/t11-,12-,18-/m0/s1. The molecule has 0 bridgehead atoms. The van der Waals surface area contributed by atoms with Gasteiger partial charge < -0.3 is 15.2 Å². The smallest absolute Gasteiger partial charge is 0.336 e. The van der Waals surface area contributed by atoms with Crippen LogP contribution in [-0.2, 0) is 0 Å². The average molecular weight is 366 g/mol. The zero-order valence-electron chi connectivity index (χ0n) is 14.6. The minimum atomic E-state index is -0.994. The van der Waals surface area contributed by atoms with E-state index in [1.54, 1.807) is 30.3 Å². The predicted molar refractivity (Wildman–Crippen MR) is 99.4 cm³/mol. The van der Waals surface area contributed by atoms with Crippen molar-refractivity contribution in [3.8, 4) is 5.75 Å². The number of nitro benzene ring substituents is 1. The lowest BCUT2D eigenvalue weighted by Gasteiger charge is -2.38. The molecule has 2 aromatic carbocycles. The van der Waals surface area contributed by atoms with Crippen molar-refractivity contribution in [2.24, 2.45) is 5.92 Å². The van der Waals surface area contributed by atoms with Crippen LogP contribution in [0.25, 0.3) is 0 Å². The molecule has 0 saturated heterocycles. The van der Waals surface area contributed by atoms with Crippen molar-refractivity contribution in [2.75, 3.05) is 12.4 Å². The van der Waals surface area contributed by atoms with E-state index in [0.29, 0.717) is 29.0 Å². The molecule has 0 saturated carbocycles. The molecule has 0 amide bonds. The summed E-state index contributed by atoms with van der Waals surface area (Å²) < 4.78 is 5.43. The fraction of sp³-hybridized carbons (Fsp3) is 0.250. The summed E-state index contributed by atoms with van der Waals surface area (Å²) in [5.74, 6) is -0.675. The van der Waals surface area contributed by atoms with Gasteiger partial charge in [0.2, 0.25) is 0 Å². The summed E-state index contributed by atoms with van der Waals surface area (Å²) >= 11 is 0. The Morgan fingerprint density at radius 1 is 1.30 bits per heavy atom. The van der Waals surface area contributed by atoms with Gasteiger partial charge in [0.05, 0.1) is 34.9 Å². The topological polar surface area (TPSA) is 102 Å². The highest BCUT2D eigenvalue weighted by Gasteiger charge is 2.43. The van der Waals surface area contributed by atoms with Crippen LogP contribution >= 0.6 is 0 Å². The van der Waals surface area contributed by atoms with Crippen LogP contribution < -0.4 is 10.1 Å². The third kappa shape index (κ3) is 2.63. The van der Waals surface area contributed by atoms with Gasteiger partial charge >= 0.3 is 5.97 Å². The number of fused-ring (bicyclic) bond motifs is 3. The highest BCUT2D eigenvalue weighted by atomic mass is 16.6. The molecule has 3 atom stereocenters. The molecule has 1 aliphatic carbocycles. The number of nitro groups is 1. The molecule has 0 unspecified atom stereocenters. The monoisotopic (exact) mass is 366 g/mol. The Hall–Kier alpha value is -3.35. The molecule has 7 heteroatoms.